The molecule has 6 aromatic rings. The first kappa shape index (κ1) is 53.5. The van der Waals surface area contributed by atoms with E-state index >= 15 is 0 Å². The van der Waals surface area contributed by atoms with Crippen LogP contribution in [0.1, 0.15) is 201 Å². The van der Waals surface area contributed by atoms with E-state index in [0.717, 1.165) is 52.6 Å². The zero-order valence-corrected chi connectivity index (χ0v) is 47.6. The van der Waals surface area contributed by atoms with Crippen LogP contribution in [0.2, 0.25) is 0 Å². The molecule has 0 N–H and O–H groups in total. The van der Waals surface area contributed by atoms with Crippen LogP contribution >= 0.6 is 7.82 Å². The number of hydrogen-bond donors (Lipinski definition) is 0. The van der Waals surface area contributed by atoms with E-state index in [9.17, 15) is 4.57 Å². The molecule has 0 heterocycles. The number of rotatable bonds is 15. The van der Waals surface area contributed by atoms with Crippen LogP contribution in [-0.4, -0.2) is 0 Å². The third-order valence-electron chi connectivity index (χ3n) is 16.8. The molecule has 0 fully saturated rings. The highest BCUT2D eigenvalue weighted by Gasteiger charge is 2.31. The van der Waals surface area contributed by atoms with E-state index in [1.807, 2.05) is 36.4 Å². The van der Waals surface area contributed by atoms with Gasteiger partial charge in [0.25, 0.3) is 0 Å². The van der Waals surface area contributed by atoms with Crippen LogP contribution in [0.3, 0.4) is 0 Å². The minimum absolute atomic E-state index is 0.0733. The molecule has 6 aromatic carbocycles. The van der Waals surface area contributed by atoms with E-state index in [4.69, 9.17) is 13.6 Å². The summed E-state index contributed by atoms with van der Waals surface area (Å²) < 4.78 is 33.3. The average molecular weight is 1010 g/mol. The Hall–Kier alpha value is -5.35. The quantitative estimate of drug-likeness (QED) is 0.0760. The van der Waals surface area contributed by atoms with E-state index in [0.29, 0.717) is 0 Å². The molecule has 0 atom stereocenters. The Labute approximate surface area is 445 Å². The summed E-state index contributed by atoms with van der Waals surface area (Å²) in [7, 11) is -4.05. The second-order valence-electron chi connectivity index (χ2n) is 24.2. The van der Waals surface area contributed by atoms with Gasteiger partial charge in [0, 0.05) is 0 Å². The summed E-state index contributed by atoms with van der Waals surface area (Å²) >= 11 is 0. The largest absolute Gasteiger partial charge is 0.475 e. The topological polar surface area (TPSA) is 44.8 Å². The zero-order chi connectivity index (χ0) is 52.6. The maximum Gasteiger partial charge on any atom is 0.475 e. The summed E-state index contributed by atoms with van der Waals surface area (Å²) in [4.78, 5) is 0. The van der Waals surface area contributed by atoms with E-state index in [2.05, 4.69) is 174 Å². The molecule has 0 saturated carbocycles. The second-order valence-corrected chi connectivity index (χ2v) is 25.8. The molecule has 386 valence electrons. The Morgan fingerprint density at radius 2 is 0.689 bits per heavy atom. The van der Waals surface area contributed by atoms with Crippen molar-refractivity contribution in [2.75, 3.05) is 0 Å². The monoisotopic (exact) mass is 1000 g/mol. The highest BCUT2D eigenvalue weighted by molar-refractivity contribution is 7.48. The lowest BCUT2D eigenvalue weighted by Crippen LogP contribution is -2.24. The molecule has 0 bridgehead atoms. The molecule has 0 aliphatic heterocycles. The van der Waals surface area contributed by atoms with Gasteiger partial charge in [0.05, 0.1) is 19.8 Å². The molecular formula is C69H81O4P. The smallest absolute Gasteiger partial charge is 0.282 e. The zero-order valence-electron chi connectivity index (χ0n) is 46.7. The first-order valence-corrected chi connectivity index (χ1v) is 28.9. The minimum atomic E-state index is -4.05. The van der Waals surface area contributed by atoms with Gasteiger partial charge in [0.15, 0.2) is 0 Å². The van der Waals surface area contributed by atoms with Crippen LogP contribution < -0.4 is 0 Å². The Bertz CT molecular complexity index is 2840. The molecule has 0 amide bonds. The van der Waals surface area contributed by atoms with Crippen molar-refractivity contribution in [3.8, 4) is 0 Å². The molecule has 3 aliphatic carbocycles. The normalized spacial score (nSPS) is 17.4. The number of aryl methyl sites for hydroxylation is 6. The maximum absolute atomic E-state index is 14.7. The molecule has 0 radical (unpaired) electrons. The Morgan fingerprint density at radius 1 is 0.432 bits per heavy atom. The fourth-order valence-electron chi connectivity index (χ4n) is 12.3. The van der Waals surface area contributed by atoms with Gasteiger partial charge in [0.1, 0.15) is 0 Å². The molecule has 0 aromatic heterocycles. The highest BCUT2D eigenvalue weighted by atomic mass is 31.2. The van der Waals surface area contributed by atoms with Gasteiger partial charge in [-0.15, -0.1) is 0 Å². The van der Waals surface area contributed by atoms with Gasteiger partial charge in [-0.25, -0.2) is 4.57 Å². The SMILES string of the molecule is C/C(=C\c1ccc(COP(=O)(OCc2ccc(/C=C(\C)c3cc4c(cc3C)CCCC4(C)C)cc2)OCc2ccc(/C=C(\C)c3cc4c(cc3C)CCCC4(C)C)cc2)cc1)c1cc2c(cc1C)CCCC2(C)C. The molecule has 0 spiro atoms. The Kier molecular flexibility index (Phi) is 15.7. The van der Waals surface area contributed by atoms with Crippen LogP contribution in [0, 0.1) is 20.8 Å². The number of benzene rings is 6. The van der Waals surface area contributed by atoms with Crippen LogP contribution in [0.25, 0.3) is 34.9 Å². The van der Waals surface area contributed by atoms with Gasteiger partial charge in [-0.2, -0.15) is 0 Å². The highest BCUT2D eigenvalue weighted by Crippen LogP contribution is 2.52. The van der Waals surface area contributed by atoms with Crippen molar-refractivity contribution in [1.82, 2.24) is 0 Å². The standard InChI is InChI=1S/C69H81O4P/c1-46(61-40-64-58(37-49(61)4)16-13-31-67(64,7)8)34-52-19-25-55(26-20-52)43-71-74(70,72-44-56-27-21-53(22-28-56)35-47(2)62-41-65-59(38-50(62)5)17-14-32-68(65,9)10)73-45-57-29-23-54(24-30-57)36-48(3)63-42-66-60(39-51(63)6)18-15-33-69(66,11)12/h19-30,34-42H,13-18,31-33,43-45H2,1-12H3/b46-34+,47-35+,48-36+. The molecule has 5 heteroatoms. The van der Waals surface area contributed by atoms with Gasteiger partial charge >= 0.3 is 7.82 Å². The summed E-state index contributed by atoms with van der Waals surface area (Å²) in [5.74, 6) is 0. The van der Waals surface area contributed by atoms with Crippen molar-refractivity contribution < 1.29 is 18.1 Å². The molecule has 0 saturated heterocycles. The molecule has 9 rings (SSSR count). The molecule has 0 unspecified atom stereocenters. The van der Waals surface area contributed by atoms with Crippen molar-refractivity contribution >= 4 is 42.8 Å². The van der Waals surface area contributed by atoms with Gasteiger partial charge < -0.3 is 0 Å². The second kappa shape index (κ2) is 21.7. The van der Waals surface area contributed by atoms with Gasteiger partial charge in [0.2, 0.25) is 0 Å². The third-order valence-corrected chi connectivity index (χ3v) is 18.1. The Morgan fingerprint density at radius 3 is 0.946 bits per heavy atom. The summed E-state index contributed by atoms with van der Waals surface area (Å²) in [6.45, 7) is 27.8. The molecule has 3 aliphatic rings. The number of hydrogen-bond acceptors (Lipinski definition) is 4. The first-order chi connectivity index (χ1) is 35.1. The summed E-state index contributed by atoms with van der Waals surface area (Å²) in [6, 6.07) is 39.3. The lowest BCUT2D eigenvalue weighted by atomic mass is 9.71. The summed E-state index contributed by atoms with van der Waals surface area (Å²) in [6.07, 6.45) is 17.7. The molecule has 4 nitrogen and oxygen atoms in total. The average Bonchev–Trinajstić information content (AvgIpc) is 3.35. The minimum Gasteiger partial charge on any atom is -0.282 e. The van der Waals surface area contributed by atoms with Crippen molar-refractivity contribution in [2.45, 2.75) is 177 Å². The van der Waals surface area contributed by atoms with E-state index in [1.54, 1.807) is 0 Å². The summed E-state index contributed by atoms with van der Waals surface area (Å²) in [5.41, 5.74) is 27.0. The lowest BCUT2D eigenvalue weighted by Gasteiger charge is -2.33. The fourth-order valence-corrected chi connectivity index (χ4v) is 13.5. The van der Waals surface area contributed by atoms with Crippen molar-refractivity contribution in [1.29, 1.82) is 0 Å². The fraction of sp³-hybridized carbons (Fsp3) is 0.391. The number of allylic oxidation sites excluding steroid dienone is 3. The van der Waals surface area contributed by atoms with E-state index < -0.39 is 7.82 Å². The summed E-state index contributed by atoms with van der Waals surface area (Å²) in [5, 5.41) is 0. The third kappa shape index (κ3) is 12.2. The van der Waals surface area contributed by atoms with Crippen molar-refractivity contribution in [3.05, 3.63) is 209 Å². The van der Waals surface area contributed by atoms with E-state index in [1.165, 1.54) is 122 Å². The predicted molar refractivity (Wildman–Crippen MR) is 313 cm³/mol. The van der Waals surface area contributed by atoms with Crippen molar-refractivity contribution in [3.63, 3.8) is 0 Å². The Balaban J connectivity index is 0.900. The lowest BCUT2D eigenvalue weighted by molar-refractivity contribution is 0.0978. The number of phosphoric ester groups is 1. The van der Waals surface area contributed by atoms with E-state index in [-0.39, 0.29) is 36.1 Å². The maximum atomic E-state index is 14.7. The first-order valence-electron chi connectivity index (χ1n) is 27.4. The van der Waals surface area contributed by atoms with Crippen LogP contribution in [0.15, 0.2) is 109 Å². The molecular weight excluding hydrogens is 924 g/mol. The molecule has 74 heavy (non-hydrogen) atoms. The van der Waals surface area contributed by atoms with Gasteiger partial charge in [-0.05, 0) is 232 Å². The van der Waals surface area contributed by atoms with Gasteiger partial charge in [-0.3, -0.25) is 13.6 Å². The van der Waals surface area contributed by atoms with Gasteiger partial charge in [-0.1, -0.05) is 169 Å². The number of fused-ring (bicyclic) bond motifs is 3. The van der Waals surface area contributed by atoms with Crippen LogP contribution in [-0.2, 0) is 73.5 Å². The van der Waals surface area contributed by atoms with Crippen LogP contribution in [0.5, 0.6) is 0 Å². The van der Waals surface area contributed by atoms with Crippen LogP contribution in [0.4, 0.5) is 0 Å². The van der Waals surface area contributed by atoms with Crippen molar-refractivity contribution in [2.24, 2.45) is 0 Å². The number of phosphoric acid groups is 1. The predicted octanol–water partition coefficient (Wildman–Crippen LogP) is 19.2.